The first-order chi connectivity index (χ1) is 8.69. The van der Waals surface area contributed by atoms with Gasteiger partial charge in [0.1, 0.15) is 5.75 Å². The van der Waals surface area contributed by atoms with Crippen molar-refractivity contribution in [2.75, 3.05) is 12.0 Å². The maximum absolute atomic E-state index is 11.9. The molecule has 0 atom stereocenters. The van der Waals surface area contributed by atoms with Crippen LogP contribution in [0, 0.1) is 0 Å². The number of Topliss-reactive ketones (excluding diaryl/α,β-unsaturated/α-hetero) is 1. The first-order valence-electron chi connectivity index (χ1n) is 5.01. The van der Waals surface area contributed by atoms with Crippen LogP contribution in [-0.4, -0.2) is 33.1 Å². The molecule has 0 fully saturated rings. The number of rotatable bonds is 5. The van der Waals surface area contributed by atoms with Gasteiger partial charge >= 0.3 is 0 Å². The third-order valence-electron chi connectivity index (χ3n) is 2.08. The second-order valence-corrected chi connectivity index (χ2v) is 6.55. The van der Waals surface area contributed by atoms with Crippen molar-refractivity contribution in [3.63, 3.8) is 0 Å². The van der Waals surface area contributed by atoms with E-state index in [1.165, 1.54) is 35.2 Å². The molecule has 0 aliphatic rings. The van der Waals surface area contributed by atoms with E-state index in [4.69, 9.17) is 5.11 Å². The Bertz CT molecular complexity index is 539. The Balaban J connectivity index is 1.93. The van der Waals surface area contributed by atoms with E-state index in [0.29, 0.717) is 11.3 Å². The van der Waals surface area contributed by atoms with Crippen molar-refractivity contribution < 1.29 is 9.90 Å². The summed E-state index contributed by atoms with van der Waals surface area (Å²) < 4.78 is 1.70. The van der Waals surface area contributed by atoms with Crippen LogP contribution in [0.5, 0.6) is 5.75 Å². The van der Waals surface area contributed by atoms with E-state index < -0.39 is 0 Å². The Labute approximate surface area is 117 Å². The van der Waals surface area contributed by atoms with Crippen molar-refractivity contribution in [2.45, 2.75) is 8.68 Å². The number of thioether (sulfide) groups is 2. The number of phenolic OH excluding ortho intramolecular Hbond substituents is 1. The fourth-order valence-corrected chi connectivity index (χ4v) is 3.53. The molecular formula is C11H10N2O2S3. The third kappa shape index (κ3) is 3.47. The Morgan fingerprint density at radius 1 is 1.28 bits per heavy atom. The molecule has 0 saturated carbocycles. The molecule has 7 heteroatoms. The van der Waals surface area contributed by atoms with Gasteiger partial charge in [0.2, 0.25) is 0 Å². The second-order valence-electron chi connectivity index (χ2n) is 3.30. The largest absolute Gasteiger partial charge is 0.508 e. The van der Waals surface area contributed by atoms with E-state index in [1.807, 2.05) is 6.26 Å². The van der Waals surface area contributed by atoms with Crippen LogP contribution in [0.1, 0.15) is 10.4 Å². The molecule has 1 heterocycles. The highest BCUT2D eigenvalue weighted by molar-refractivity contribution is 8.03. The summed E-state index contributed by atoms with van der Waals surface area (Å²) in [6.45, 7) is 0. The second kappa shape index (κ2) is 6.21. The molecule has 0 amide bonds. The summed E-state index contributed by atoms with van der Waals surface area (Å²) >= 11 is 4.41. The third-order valence-corrected chi connectivity index (χ3v) is 5.11. The molecule has 0 unspecified atom stereocenters. The van der Waals surface area contributed by atoms with Gasteiger partial charge in [-0.1, -0.05) is 34.9 Å². The molecule has 94 valence electrons. The number of phenols is 1. The molecule has 0 spiro atoms. The van der Waals surface area contributed by atoms with Crippen molar-refractivity contribution in [3.05, 3.63) is 29.8 Å². The van der Waals surface area contributed by atoms with Gasteiger partial charge in [0, 0.05) is 5.56 Å². The minimum Gasteiger partial charge on any atom is -0.508 e. The van der Waals surface area contributed by atoms with Crippen molar-refractivity contribution in [1.29, 1.82) is 0 Å². The molecule has 0 bridgehead atoms. The monoisotopic (exact) mass is 298 g/mol. The predicted octanol–water partition coefficient (Wildman–Crippen LogP) is 2.94. The quantitative estimate of drug-likeness (QED) is 0.676. The lowest BCUT2D eigenvalue weighted by molar-refractivity contribution is 0.102. The van der Waals surface area contributed by atoms with Crippen LogP contribution in [0.25, 0.3) is 0 Å². The molecule has 18 heavy (non-hydrogen) atoms. The lowest BCUT2D eigenvalue weighted by Gasteiger charge is -1.99. The average Bonchev–Trinajstić information content (AvgIpc) is 2.85. The van der Waals surface area contributed by atoms with Gasteiger partial charge in [0.05, 0.1) is 5.75 Å². The molecule has 0 radical (unpaired) electrons. The number of carbonyl (C=O) groups is 1. The topological polar surface area (TPSA) is 63.1 Å². The van der Waals surface area contributed by atoms with Gasteiger partial charge in [0.25, 0.3) is 0 Å². The van der Waals surface area contributed by atoms with Crippen LogP contribution in [0.4, 0.5) is 0 Å². The highest BCUT2D eigenvalue weighted by Crippen LogP contribution is 2.27. The minimum atomic E-state index is 0.0147. The Hall–Kier alpha value is -1.05. The number of hydrogen-bond acceptors (Lipinski definition) is 7. The van der Waals surface area contributed by atoms with Gasteiger partial charge in [-0.25, -0.2) is 0 Å². The molecule has 1 aromatic carbocycles. The smallest absolute Gasteiger partial charge is 0.175 e. The lowest BCUT2D eigenvalue weighted by atomic mass is 10.1. The fraction of sp³-hybridized carbons (Fsp3) is 0.182. The summed E-state index contributed by atoms with van der Waals surface area (Å²) in [4.78, 5) is 11.9. The van der Waals surface area contributed by atoms with Gasteiger partial charge < -0.3 is 5.11 Å². The zero-order valence-corrected chi connectivity index (χ0v) is 11.9. The molecule has 0 aliphatic carbocycles. The molecule has 2 aromatic rings. The Morgan fingerprint density at radius 3 is 2.56 bits per heavy atom. The Kier molecular flexibility index (Phi) is 4.62. The summed E-state index contributed by atoms with van der Waals surface area (Å²) in [6.07, 6.45) is 1.94. The highest BCUT2D eigenvalue weighted by atomic mass is 32.2. The van der Waals surface area contributed by atoms with Crippen LogP contribution in [0.15, 0.2) is 32.9 Å². The predicted molar refractivity (Wildman–Crippen MR) is 74.9 cm³/mol. The normalized spacial score (nSPS) is 10.5. The SMILES string of the molecule is CSc1nnc(SCC(=O)c2ccc(O)cc2)s1. The van der Waals surface area contributed by atoms with E-state index >= 15 is 0 Å². The van der Waals surface area contributed by atoms with Crippen LogP contribution in [0.2, 0.25) is 0 Å². The van der Waals surface area contributed by atoms with Crippen molar-refractivity contribution in [3.8, 4) is 5.75 Å². The molecule has 2 rings (SSSR count). The van der Waals surface area contributed by atoms with Crippen LogP contribution in [-0.2, 0) is 0 Å². The summed E-state index contributed by atoms with van der Waals surface area (Å²) in [6, 6.07) is 6.25. The van der Waals surface area contributed by atoms with E-state index in [0.717, 1.165) is 8.68 Å². The highest BCUT2D eigenvalue weighted by Gasteiger charge is 2.09. The van der Waals surface area contributed by atoms with Gasteiger partial charge in [0.15, 0.2) is 14.5 Å². The van der Waals surface area contributed by atoms with Crippen molar-refractivity contribution >= 4 is 40.6 Å². The Morgan fingerprint density at radius 2 is 1.94 bits per heavy atom. The molecule has 0 aliphatic heterocycles. The summed E-state index contributed by atoms with van der Waals surface area (Å²) in [5.41, 5.74) is 0.593. The molecule has 1 N–H and O–H groups in total. The van der Waals surface area contributed by atoms with Gasteiger partial charge in [-0.3, -0.25) is 4.79 Å². The maximum atomic E-state index is 11.9. The zero-order valence-electron chi connectivity index (χ0n) is 9.49. The number of carbonyl (C=O) groups excluding carboxylic acids is 1. The zero-order chi connectivity index (χ0) is 13.0. The van der Waals surface area contributed by atoms with Gasteiger partial charge in [-0.2, -0.15) is 0 Å². The average molecular weight is 298 g/mol. The van der Waals surface area contributed by atoms with E-state index in [1.54, 1.807) is 23.9 Å². The first kappa shape index (κ1) is 13.4. The first-order valence-corrected chi connectivity index (χ1v) is 8.04. The number of aromatic hydroxyl groups is 1. The summed E-state index contributed by atoms with van der Waals surface area (Å²) in [5.74, 6) is 0.502. The lowest BCUT2D eigenvalue weighted by Crippen LogP contribution is -2.01. The van der Waals surface area contributed by atoms with E-state index in [2.05, 4.69) is 10.2 Å². The standard InChI is InChI=1S/C11H10N2O2S3/c1-16-10-12-13-11(18-10)17-6-9(15)7-2-4-8(14)5-3-7/h2-5,14H,6H2,1H3. The van der Waals surface area contributed by atoms with Gasteiger partial charge in [-0.15, -0.1) is 10.2 Å². The summed E-state index contributed by atoms with van der Waals surface area (Å²) in [7, 11) is 0. The number of ketones is 1. The van der Waals surface area contributed by atoms with Crippen molar-refractivity contribution in [2.24, 2.45) is 0 Å². The van der Waals surface area contributed by atoms with E-state index in [-0.39, 0.29) is 11.5 Å². The van der Waals surface area contributed by atoms with Crippen LogP contribution >= 0.6 is 34.9 Å². The molecular weight excluding hydrogens is 288 g/mol. The van der Waals surface area contributed by atoms with Crippen molar-refractivity contribution in [1.82, 2.24) is 10.2 Å². The molecule has 1 aromatic heterocycles. The number of nitrogens with zero attached hydrogens (tertiary/aromatic N) is 2. The van der Waals surface area contributed by atoms with Crippen LogP contribution in [0.3, 0.4) is 0 Å². The maximum Gasteiger partial charge on any atom is 0.175 e. The number of hydrogen-bond donors (Lipinski definition) is 1. The van der Waals surface area contributed by atoms with E-state index in [9.17, 15) is 4.79 Å². The number of aromatic nitrogens is 2. The van der Waals surface area contributed by atoms with Gasteiger partial charge in [-0.05, 0) is 30.5 Å². The summed E-state index contributed by atoms with van der Waals surface area (Å²) in [5, 5.41) is 17.1. The van der Waals surface area contributed by atoms with Crippen LogP contribution < -0.4 is 0 Å². The minimum absolute atomic E-state index is 0.0147. The molecule has 0 saturated heterocycles. The fourth-order valence-electron chi connectivity index (χ4n) is 1.20. The molecule has 4 nitrogen and oxygen atoms in total. The number of benzene rings is 1.